The van der Waals surface area contributed by atoms with Crippen molar-refractivity contribution in [3.63, 3.8) is 0 Å². The monoisotopic (exact) mass is 264 g/mol. The third kappa shape index (κ3) is 3.65. The fourth-order valence-corrected chi connectivity index (χ4v) is 1.93. The second kappa shape index (κ2) is 6.14. The molecule has 1 aliphatic rings. The van der Waals surface area contributed by atoms with Crippen molar-refractivity contribution < 1.29 is 9.72 Å². The molecule has 0 spiro atoms. The number of benzene rings is 1. The summed E-state index contributed by atoms with van der Waals surface area (Å²) in [7, 11) is 0. The predicted octanol–water partition coefficient (Wildman–Crippen LogP) is 0.438. The average Bonchev–Trinajstić information content (AvgIpc) is 2.46. The molecule has 1 amide bonds. The summed E-state index contributed by atoms with van der Waals surface area (Å²) in [5.74, 6) is 0.00741. The van der Waals surface area contributed by atoms with Crippen LogP contribution in [0.25, 0.3) is 0 Å². The quantitative estimate of drug-likeness (QED) is 0.608. The van der Waals surface area contributed by atoms with Gasteiger partial charge in [-0.1, -0.05) is 6.07 Å². The number of nitrogens with zero attached hydrogens (tertiary/aromatic N) is 2. The van der Waals surface area contributed by atoms with E-state index in [1.54, 1.807) is 17.0 Å². The molecule has 7 nitrogen and oxygen atoms in total. The summed E-state index contributed by atoms with van der Waals surface area (Å²) in [5.41, 5.74) is 0.595. The standard InChI is InChI=1S/C12H16N4O3/c17-12(15-6-4-13-5-7-15)9-14-10-2-1-3-11(8-10)16(18)19/h1-3,8,13-14H,4-7,9H2. The molecule has 0 aromatic heterocycles. The van der Waals surface area contributed by atoms with Crippen molar-refractivity contribution >= 4 is 17.3 Å². The minimum Gasteiger partial charge on any atom is -0.376 e. The Labute approximate surface area is 110 Å². The Kier molecular flexibility index (Phi) is 4.30. The summed E-state index contributed by atoms with van der Waals surface area (Å²) in [5, 5.41) is 16.7. The predicted molar refractivity (Wildman–Crippen MR) is 71.0 cm³/mol. The van der Waals surface area contributed by atoms with E-state index in [0.29, 0.717) is 18.8 Å². The maximum Gasteiger partial charge on any atom is 0.271 e. The molecule has 0 unspecified atom stereocenters. The zero-order chi connectivity index (χ0) is 13.7. The topological polar surface area (TPSA) is 87.5 Å². The molecule has 1 saturated heterocycles. The highest BCUT2D eigenvalue weighted by Gasteiger charge is 2.15. The minimum absolute atomic E-state index is 0.00741. The van der Waals surface area contributed by atoms with Gasteiger partial charge in [0.25, 0.3) is 5.69 Å². The van der Waals surface area contributed by atoms with Gasteiger partial charge in [0.1, 0.15) is 0 Å². The van der Waals surface area contributed by atoms with Crippen molar-refractivity contribution in [2.24, 2.45) is 0 Å². The van der Waals surface area contributed by atoms with Crippen LogP contribution in [0.3, 0.4) is 0 Å². The Morgan fingerprint density at radius 1 is 1.42 bits per heavy atom. The van der Waals surface area contributed by atoms with Gasteiger partial charge in [-0.15, -0.1) is 0 Å². The lowest BCUT2D eigenvalue weighted by Crippen LogP contribution is -2.48. The molecule has 0 bridgehead atoms. The van der Waals surface area contributed by atoms with E-state index in [9.17, 15) is 14.9 Å². The first-order valence-electron chi connectivity index (χ1n) is 6.13. The van der Waals surface area contributed by atoms with Gasteiger partial charge in [-0.25, -0.2) is 0 Å². The number of piperazine rings is 1. The number of hydrogen-bond donors (Lipinski definition) is 2. The van der Waals surface area contributed by atoms with Gasteiger partial charge < -0.3 is 15.5 Å². The van der Waals surface area contributed by atoms with E-state index in [1.165, 1.54) is 12.1 Å². The molecule has 19 heavy (non-hydrogen) atoms. The molecule has 1 aromatic rings. The fourth-order valence-electron chi connectivity index (χ4n) is 1.93. The molecular formula is C12H16N4O3. The van der Waals surface area contributed by atoms with Crippen LogP contribution in [0, 0.1) is 10.1 Å². The van der Waals surface area contributed by atoms with E-state index in [4.69, 9.17) is 0 Å². The van der Waals surface area contributed by atoms with Crippen molar-refractivity contribution in [2.75, 3.05) is 38.0 Å². The van der Waals surface area contributed by atoms with Crippen LogP contribution in [0.5, 0.6) is 0 Å². The molecule has 1 fully saturated rings. The maximum absolute atomic E-state index is 11.9. The van der Waals surface area contributed by atoms with Crippen molar-refractivity contribution in [2.45, 2.75) is 0 Å². The summed E-state index contributed by atoms with van der Waals surface area (Å²) in [6.45, 7) is 3.18. The number of amides is 1. The molecular weight excluding hydrogens is 248 g/mol. The van der Waals surface area contributed by atoms with Gasteiger partial charge in [0.15, 0.2) is 0 Å². The Balaban J connectivity index is 1.89. The zero-order valence-electron chi connectivity index (χ0n) is 10.5. The second-order valence-electron chi connectivity index (χ2n) is 4.29. The SMILES string of the molecule is O=C(CNc1cccc([N+](=O)[O-])c1)N1CCNCC1. The third-order valence-electron chi connectivity index (χ3n) is 2.97. The molecule has 1 aliphatic heterocycles. The second-order valence-corrected chi connectivity index (χ2v) is 4.29. The molecule has 2 rings (SSSR count). The number of non-ortho nitro benzene ring substituents is 1. The number of carbonyl (C=O) groups excluding carboxylic acids is 1. The smallest absolute Gasteiger partial charge is 0.271 e. The molecule has 0 aliphatic carbocycles. The number of nitro groups is 1. The van der Waals surface area contributed by atoms with Crippen LogP contribution in [0.1, 0.15) is 0 Å². The molecule has 1 aromatic carbocycles. The van der Waals surface area contributed by atoms with Crippen LogP contribution < -0.4 is 10.6 Å². The van der Waals surface area contributed by atoms with Crippen molar-refractivity contribution in [3.05, 3.63) is 34.4 Å². The Morgan fingerprint density at radius 3 is 2.84 bits per heavy atom. The summed E-state index contributed by atoms with van der Waals surface area (Å²) < 4.78 is 0. The van der Waals surface area contributed by atoms with Crippen LogP contribution in [0.4, 0.5) is 11.4 Å². The van der Waals surface area contributed by atoms with Crippen LogP contribution in [-0.2, 0) is 4.79 Å². The molecule has 0 saturated carbocycles. The summed E-state index contributed by atoms with van der Waals surface area (Å²) in [6, 6.07) is 6.14. The van der Waals surface area contributed by atoms with Crippen molar-refractivity contribution in [1.29, 1.82) is 0 Å². The summed E-state index contributed by atoms with van der Waals surface area (Å²) in [6.07, 6.45) is 0. The highest BCUT2D eigenvalue weighted by Crippen LogP contribution is 2.16. The van der Waals surface area contributed by atoms with Gasteiger partial charge in [0.2, 0.25) is 5.91 Å². The van der Waals surface area contributed by atoms with E-state index in [1.807, 2.05) is 0 Å². The first-order valence-corrected chi connectivity index (χ1v) is 6.13. The highest BCUT2D eigenvalue weighted by atomic mass is 16.6. The molecule has 102 valence electrons. The normalized spacial score (nSPS) is 15.1. The minimum atomic E-state index is -0.455. The van der Waals surface area contributed by atoms with Gasteiger partial charge in [0.05, 0.1) is 11.5 Å². The lowest BCUT2D eigenvalue weighted by Gasteiger charge is -2.27. The first-order chi connectivity index (χ1) is 9.16. The first kappa shape index (κ1) is 13.3. The molecule has 0 radical (unpaired) electrons. The van der Waals surface area contributed by atoms with Crippen LogP contribution in [-0.4, -0.2) is 48.5 Å². The van der Waals surface area contributed by atoms with Crippen LogP contribution >= 0.6 is 0 Å². The molecule has 7 heteroatoms. The van der Waals surface area contributed by atoms with E-state index in [-0.39, 0.29) is 18.1 Å². The lowest BCUT2D eigenvalue weighted by atomic mass is 10.3. The van der Waals surface area contributed by atoms with Gasteiger partial charge in [-0.3, -0.25) is 14.9 Å². The van der Waals surface area contributed by atoms with E-state index in [0.717, 1.165) is 13.1 Å². The van der Waals surface area contributed by atoms with Crippen molar-refractivity contribution in [1.82, 2.24) is 10.2 Å². The number of hydrogen-bond acceptors (Lipinski definition) is 5. The Hall–Kier alpha value is -2.15. The highest BCUT2D eigenvalue weighted by molar-refractivity contribution is 5.81. The summed E-state index contributed by atoms with van der Waals surface area (Å²) >= 11 is 0. The van der Waals surface area contributed by atoms with Gasteiger partial charge in [-0.2, -0.15) is 0 Å². The van der Waals surface area contributed by atoms with Gasteiger partial charge in [0, 0.05) is 44.0 Å². The lowest BCUT2D eigenvalue weighted by molar-refractivity contribution is -0.384. The number of anilines is 1. The number of carbonyl (C=O) groups is 1. The van der Waals surface area contributed by atoms with Crippen LogP contribution in [0.2, 0.25) is 0 Å². The molecule has 2 N–H and O–H groups in total. The average molecular weight is 264 g/mol. The van der Waals surface area contributed by atoms with Gasteiger partial charge in [-0.05, 0) is 6.07 Å². The van der Waals surface area contributed by atoms with Crippen molar-refractivity contribution in [3.8, 4) is 0 Å². The third-order valence-corrected chi connectivity index (χ3v) is 2.97. The number of nitrogens with one attached hydrogen (secondary N) is 2. The molecule has 1 heterocycles. The van der Waals surface area contributed by atoms with Gasteiger partial charge >= 0.3 is 0 Å². The van der Waals surface area contributed by atoms with E-state index >= 15 is 0 Å². The zero-order valence-corrected chi connectivity index (χ0v) is 10.5. The van der Waals surface area contributed by atoms with E-state index < -0.39 is 4.92 Å². The largest absolute Gasteiger partial charge is 0.376 e. The number of rotatable bonds is 4. The molecule has 0 atom stereocenters. The number of nitro benzene ring substituents is 1. The Bertz CT molecular complexity index is 472. The fraction of sp³-hybridized carbons (Fsp3) is 0.417. The van der Waals surface area contributed by atoms with Crippen LogP contribution in [0.15, 0.2) is 24.3 Å². The maximum atomic E-state index is 11.9. The van der Waals surface area contributed by atoms with E-state index in [2.05, 4.69) is 10.6 Å². The Morgan fingerprint density at radius 2 is 2.16 bits per heavy atom. The summed E-state index contributed by atoms with van der Waals surface area (Å²) in [4.78, 5) is 23.8.